The lowest BCUT2D eigenvalue weighted by atomic mass is 10.0. The minimum absolute atomic E-state index is 0.144. The van der Waals surface area contributed by atoms with Crippen LogP contribution >= 0.6 is 0 Å². The van der Waals surface area contributed by atoms with Gasteiger partial charge < -0.3 is 26.4 Å². The van der Waals surface area contributed by atoms with Crippen molar-refractivity contribution in [3.8, 4) is 11.5 Å². The van der Waals surface area contributed by atoms with Crippen LogP contribution in [0.4, 0.5) is 11.4 Å². The van der Waals surface area contributed by atoms with Gasteiger partial charge in [0.05, 0.1) is 18.4 Å². The summed E-state index contributed by atoms with van der Waals surface area (Å²) < 4.78 is 4.97. The summed E-state index contributed by atoms with van der Waals surface area (Å²) in [6.45, 7) is 0.198. The molecule has 0 amide bonds. The fourth-order valence-electron chi connectivity index (χ4n) is 2.50. The van der Waals surface area contributed by atoms with Crippen LogP contribution in [0.3, 0.4) is 0 Å². The van der Waals surface area contributed by atoms with Crippen molar-refractivity contribution >= 4 is 17.2 Å². The van der Waals surface area contributed by atoms with E-state index in [0.717, 1.165) is 11.3 Å². The molecule has 0 aliphatic carbocycles. The number of aromatic hydroxyl groups is 1. The smallest absolute Gasteiger partial charge is 0.196 e. The SMILES string of the molecule is COc1cc(O)c(C(=O)c2ccccc2)cc1N.Nc1ccc(CCO)cc1. The highest BCUT2D eigenvalue weighted by atomic mass is 16.5. The number of ketones is 1. The Morgan fingerprint density at radius 1 is 1.00 bits per heavy atom. The molecule has 0 heterocycles. The van der Waals surface area contributed by atoms with E-state index in [9.17, 15) is 9.90 Å². The molecule has 3 aromatic rings. The van der Waals surface area contributed by atoms with Gasteiger partial charge in [0.15, 0.2) is 5.78 Å². The largest absolute Gasteiger partial charge is 0.507 e. The average molecular weight is 380 g/mol. The number of nitrogen functional groups attached to an aromatic ring is 2. The van der Waals surface area contributed by atoms with Gasteiger partial charge in [-0.15, -0.1) is 0 Å². The second-order valence-electron chi connectivity index (χ2n) is 6.02. The van der Waals surface area contributed by atoms with E-state index in [4.69, 9.17) is 21.3 Å². The van der Waals surface area contributed by atoms with Crippen LogP contribution in [-0.4, -0.2) is 29.7 Å². The van der Waals surface area contributed by atoms with Crippen LogP contribution in [0.1, 0.15) is 21.5 Å². The molecule has 0 fully saturated rings. The molecule has 6 nitrogen and oxygen atoms in total. The lowest BCUT2D eigenvalue weighted by Gasteiger charge is -2.09. The summed E-state index contributed by atoms with van der Waals surface area (Å²) in [4.78, 5) is 12.2. The zero-order chi connectivity index (χ0) is 20.5. The number of aliphatic hydroxyl groups is 1. The Bertz CT molecular complexity index is 910. The van der Waals surface area contributed by atoms with Crippen molar-refractivity contribution in [1.82, 2.24) is 0 Å². The van der Waals surface area contributed by atoms with Gasteiger partial charge in [-0.05, 0) is 30.2 Å². The van der Waals surface area contributed by atoms with Crippen LogP contribution in [-0.2, 0) is 6.42 Å². The first-order chi connectivity index (χ1) is 13.5. The van der Waals surface area contributed by atoms with E-state index < -0.39 is 0 Å². The molecule has 0 unspecified atom stereocenters. The van der Waals surface area contributed by atoms with Gasteiger partial charge in [-0.1, -0.05) is 42.5 Å². The van der Waals surface area contributed by atoms with Gasteiger partial charge in [0.25, 0.3) is 0 Å². The summed E-state index contributed by atoms with van der Waals surface area (Å²) in [5, 5.41) is 18.4. The Morgan fingerprint density at radius 2 is 1.64 bits per heavy atom. The van der Waals surface area contributed by atoms with Gasteiger partial charge in [-0.25, -0.2) is 0 Å². The summed E-state index contributed by atoms with van der Waals surface area (Å²) in [5.41, 5.74) is 14.1. The normalized spacial score (nSPS) is 9.93. The van der Waals surface area contributed by atoms with Gasteiger partial charge in [0.2, 0.25) is 0 Å². The molecule has 0 aromatic heterocycles. The van der Waals surface area contributed by atoms with Crippen LogP contribution in [0.15, 0.2) is 66.7 Å². The van der Waals surface area contributed by atoms with Crippen molar-refractivity contribution < 1.29 is 19.7 Å². The van der Waals surface area contributed by atoms with Crippen LogP contribution in [0.5, 0.6) is 11.5 Å². The third kappa shape index (κ3) is 5.49. The number of carbonyl (C=O) groups excluding carboxylic acids is 1. The topological polar surface area (TPSA) is 119 Å². The lowest BCUT2D eigenvalue weighted by Crippen LogP contribution is -2.03. The predicted octanol–water partition coefficient (Wildman–Crippen LogP) is 3.02. The van der Waals surface area contributed by atoms with E-state index in [1.54, 1.807) is 24.3 Å². The molecule has 0 aliphatic heterocycles. The standard InChI is InChI=1S/C14H13NO3.C8H11NO/c1-18-13-8-12(16)10(7-11(13)15)14(17)9-5-3-2-4-6-9;9-8-3-1-7(2-4-8)5-6-10/h2-8,16H,15H2,1H3;1-4,10H,5-6,9H2. The van der Waals surface area contributed by atoms with Crippen LogP contribution in [0.25, 0.3) is 0 Å². The fraction of sp³-hybridized carbons (Fsp3) is 0.136. The van der Waals surface area contributed by atoms with Crippen molar-refractivity contribution in [2.24, 2.45) is 0 Å². The first kappa shape index (κ1) is 20.8. The molecule has 6 N–H and O–H groups in total. The molecule has 0 radical (unpaired) electrons. The highest BCUT2D eigenvalue weighted by Crippen LogP contribution is 2.31. The Balaban J connectivity index is 0.000000237. The van der Waals surface area contributed by atoms with Crippen LogP contribution < -0.4 is 16.2 Å². The van der Waals surface area contributed by atoms with Gasteiger partial charge >= 0.3 is 0 Å². The number of benzene rings is 3. The molecule has 0 spiro atoms. The Kier molecular flexibility index (Phi) is 7.42. The molecule has 3 aromatic carbocycles. The van der Waals surface area contributed by atoms with Gasteiger partial charge in [-0.2, -0.15) is 0 Å². The zero-order valence-corrected chi connectivity index (χ0v) is 15.6. The number of methoxy groups -OCH3 is 1. The minimum Gasteiger partial charge on any atom is -0.507 e. The minimum atomic E-state index is -0.276. The van der Waals surface area contributed by atoms with E-state index in [-0.39, 0.29) is 23.7 Å². The number of carbonyl (C=O) groups is 1. The number of ether oxygens (including phenoxy) is 1. The summed E-state index contributed by atoms with van der Waals surface area (Å²) in [6.07, 6.45) is 0.709. The second-order valence-corrected chi connectivity index (χ2v) is 6.02. The molecule has 0 bridgehead atoms. The molecular weight excluding hydrogens is 356 g/mol. The maximum atomic E-state index is 12.2. The van der Waals surface area contributed by atoms with E-state index in [2.05, 4.69) is 0 Å². The number of hydrogen-bond donors (Lipinski definition) is 4. The number of phenols is 1. The van der Waals surface area contributed by atoms with Gasteiger partial charge in [-0.3, -0.25) is 4.79 Å². The second kappa shape index (κ2) is 9.99. The summed E-state index contributed by atoms with van der Waals surface area (Å²) in [7, 11) is 1.45. The average Bonchev–Trinajstić information content (AvgIpc) is 2.72. The number of phenolic OH excluding ortho intramolecular Hbond substituents is 1. The lowest BCUT2D eigenvalue weighted by molar-refractivity contribution is 0.103. The van der Waals surface area contributed by atoms with E-state index in [0.29, 0.717) is 23.4 Å². The molecule has 6 heteroatoms. The molecule has 3 rings (SSSR count). The number of rotatable bonds is 5. The van der Waals surface area contributed by atoms with Crippen molar-refractivity contribution in [2.45, 2.75) is 6.42 Å². The first-order valence-electron chi connectivity index (χ1n) is 8.67. The molecule has 0 saturated carbocycles. The highest BCUT2D eigenvalue weighted by Gasteiger charge is 2.16. The molecule has 146 valence electrons. The summed E-state index contributed by atoms with van der Waals surface area (Å²) in [5.74, 6) is -0.0746. The molecule has 0 saturated heterocycles. The van der Waals surface area contributed by atoms with Crippen molar-refractivity contribution in [1.29, 1.82) is 0 Å². The van der Waals surface area contributed by atoms with Crippen molar-refractivity contribution in [3.63, 3.8) is 0 Å². The zero-order valence-electron chi connectivity index (χ0n) is 15.6. The van der Waals surface area contributed by atoms with E-state index in [1.165, 1.54) is 19.2 Å². The number of nitrogens with two attached hydrogens (primary N) is 2. The number of hydrogen-bond acceptors (Lipinski definition) is 6. The molecule has 0 atom stereocenters. The van der Waals surface area contributed by atoms with Gasteiger partial charge in [0, 0.05) is 23.9 Å². The maximum absolute atomic E-state index is 12.2. The monoisotopic (exact) mass is 380 g/mol. The Labute approximate surface area is 164 Å². The van der Waals surface area contributed by atoms with Crippen molar-refractivity contribution in [2.75, 3.05) is 25.2 Å². The maximum Gasteiger partial charge on any atom is 0.196 e. The fourth-order valence-corrected chi connectivity index (χ4v) is 2.50. The molecular formula is C22H24N2O4. The first-order valence-corrected chi connectivity index (χ1v) is 8.67. The van der Waals surface area contributed by atoms with E-state index in [1.807, 2.05) is 30.3 Å². The third-order valence-electron chi connectivity index (χ3n) is 4.01. The van der Waals surface area contributed by atoms with Crippen molar-refractivity contribution in [3.05, 3.63) is 83.4 Å². The Hall–Kier alpha value is -3.51. The van der Waals surface area contributed by atoms with Crippen LogP contribution in [0.2, 0.25) is 0 Å². The van der Waals surface area contributed by atoms with Crippen LogP contribution in [0, 0.1) is 0 Å². The number of aliphatic hydroxyl groups excluding tert-OH is 1. The molecule has 28 heavy (non-hydrogen) atoms. The van der Waals surface area contributed by atoms with E-state index >= 15 is 0 Å². The predicted molar refractivity (Wildman–Crippen MR) is 111 cm³/mol. The Morgan fingerprint density at radius 3 is 2.21 bits per heavy atom. The van der Waals surface area contributed by atoms with Gasteiger partial charge in [0.1, 0.15) is 11.5 Å². The summed E-state index contributed by atoms with van der Waals surface area (Å²) in [6, 6.07) is 19.0. The number of anilines is 2. The molecule has 0 aliphatic rings. The summed E-state index contributed by atoms with van der Waals surface area (Å²) >= 11 is 0. The third-order valence-corrected chi connectivity index (χ3v) is 4.01. The quantitative estimate of drug-likeness (QED) is 0.307. The highest BCUT2D eigenvalue weighted by molar-refractivity contribution is 6.11.